The molecule has 1 aromatic heterocycles. The Morgan fingerprint density at radius 1 is 1.47 bits per heavy atom. The second kappa shape index (κ2) is 6.39. The Morgan fingerprint density at radius 3 is 2.71 bits per heavy atom. The molecule has 17 heavy (non-hydrogen) atoms. The Kier molecular flexibility index (Phi) is 5.15. The second-order valence-electron chi connectivity index (χ2n) is 4.34. The maximum absolute atomic E-state index is 11.6. The van der Waals surface area contributed by atoms with Gasteiger partial charge in [0.25, 0.3) is 0 Å². The molecule has 1 atom stereocenters. The van der Waals surface area contributed by atoms with Crippen LogP contribution in [0.15, 0.2) is 10.6 Å². The molecule has 0 fully saturated rings. The minimum atomic E-state index is -0.255. The lowest BCUT2D eigenvalue weighted by Crippen LogP contribution is -2.44. The number of hydrogen-bond donors (Lipinski definition) is 2. The highest BCUT2D eigenvalue weighted by molar-refractivity contribution is 5.81. The van der Waals surface area contributed by atoms with Gasteiger partial charge >= 0.3 is 0 Å². The zero-order valence-corrected chi connectivity index (χ0v) is 10.9. The van der Waals surface area contributed by atoms with E-state index in [9.17, 15) is 4.79 Å². The predicted molar refractivity (Wildman–Crippen MR) is 65.5 cm³/mol. The Balaban J connectivity index is 2.37. The van der Waals surface area contributed by atoms with Gasteiger partial charge in [0.15, 0.2) is 0 Å². The van der Waals surface area contributed by atoms with Crippen molar-refractivity contribution in [2.75, 3.05) is 0 Å². The first-order valence-corrected chi connectivity index (χ1v) is 6.00. The van der Waals surface area contributed by atoms with Crippen LogP contribution >= 0.6 is 0 Å². The van der Waals surface area contributed by atoms with Crippen molar-refractivity contribution >= 4 is 5.91 Å². The van der Waals surface area contributed by atoms with E-state index < -0.39 is 0 Å². The van der Waals surface area contributed by atoms with Gasteiger partial charge in [-0.05, 0) is 20.8 Å². The molecule has 1 aromatic rings. The maximum Gasteiger partial charge on any atom is 0.237 e. The van der Waals surface area contributed by atoms with Crippen molar-refractivity contribution in [1.29, 1.82) is 0 Å². The Bertz CT molecular complexity index is 360. The van der Waals surface area contributed by atoms with Crippen LogP contribution in [0.2, 0.25) is 0 Å². The summed E-state index contributed by atoms with van der Waals surface area (Å²) in [5, 5.41) is 5.92. The molecule has 0 aliphatic heterocycles. The Morgan fingerprint density at radius 2 is 2.18 bits per heavy atom. The number of rotatable bonds is 6. The minimum Gasteiger partial charge on any atom is -0.444 e. The molecular formula is C12H21N3O2. The number of nitrogens with one attached hydrogen (secondary N) is 2. The molecule has 1 amide bonds. The van der Waals surface area contributed by atoms with E-state index in [1.54, 1.807) is 6.20 Å². The number of carbonyl (C=O) groups is 1. The van der Waals surface area contributed by atoms with E-state index in [0.29, 0.717) is 12.4 Å². The van der Waals surface area contributed by atoms with Crippen LogP contribution in [0.3, 0.4) is 0 Å². The van der Waals surface area contributed by atoms with E-state index in [2.05, 4.69) is 15.6 Å². The molecule has 96 valence electrons. The first-order valence-electron chi connectivity index (χ1n) is 6.00. The van der Waals surface area contributed by atoms with Crippen molar-refractivity contribution in [1.82, 2.24) is 15.6 Å². The fourth-order valence-electron chi connectivity index (χ4n) is 1.34. The molecule has 0 aliphatic carbocycles. The zero-order valence-electron chi connectivity index (χ0n) is 10.9. The van der Waals surface area contributed by atoms with Crippen LogP contribution in [0.1, 0.15) is 39.3 Å². The molecule has 0 saturated carbocycles. The molecule has 2 N–H and O–H groups in total. The number of aryl methyl sites for hydroxylation is 1. The number of hydrogen-bond acceptors (Lipinski definition) is 4. The van der Waals surface area contributed by atoms with Crippen molar-refractivity contribution in [3.05, 3.63) is 17.8 Å². The van der Waals surface area contributed by atoms with Crippen molar-refractivity contribution in [3.63, 3.8) is 0 Å². The fraction of sp³-hybridized carbons (Fsp3) is 0.667. The van der Waals surface area contributed by atoms with Gasteiger partial charge < -0.3 is 9.73 Å². The summed E-state index contributed by atoms with van der Waals surface area (Å²) in [4.78, 5) is 15.7. The third-order valence-corrected chi connectivity index (χ3v) is 2.33. The average molecular weight is 239 g/mol. The smallest absolute Gasteiger partial charge is 0.237 e. The number of nitrogens with zero attached hydrogens (tertiary/aromatic N) is 1. The van der Waals surface area contributed by atoms with Gasteiger partial charge in [0, 0.05) is 12.5 Å². The van der Waals surface area contributed by atoms with Crippen molar-refractivity contribution in [3.8, 4) is 0 Å². The molecule has 5 nitrogen and oxygen atoms in total. The minimum absolute atomic E-state index is 0.0118. The van der Waals surface area contributed by atoms with Gasteiger partial charge in [0.1, 0.15) is 5.76 Å². The first-order chi connectivity index (χ1) is 8.02. The standard InChI is InChI=1S/C12H21N3O2/c1-5-10-6-14-11(17-10)7-13-9(4)12(16)15-8(2)3/h6,8-9,13H,5,7H2,1-4H3,(H,15,16). The van der Waals surface area contributed by atoms with Gasteiger partial charge in [0.2, 0.25) is 11.8 Å². The number of amides is 1. The molecule has 0 saturated heterocycles. The summed E-state index contributed by atoms with van der Waals surface area (Å²) >= 11 is 0. The van der Waals surface area contributed by atoms with Crippen LogP contribution in [0, 0.1) is 0 Å². The van der Waals surface area contributed by atoms with Crippen molar-refractivity contribution in [2.45, 2.75) is 52.7 Å². The predicted octanol–water partition coefficient (Wildman–Crippen LogP) is 1.24. The van der Waals surface area contributed by atoms with Crippen LogP contribution < -0.4 is 10.6 Å². The summed E-state index contributed by atoms with van der Waals surface area (Å²) < 4.78 is 5.44. The van der Waals surface area contributed by atoms with E-state index in [4.69, 9.17) is 4.42 Å². The zero-order chi connectivity index (χ0) is 12.8. The summed E-state index contributed by atoms with van der Waals surface area (Å²) in [5.41, 5.74) is 0. The summed E-state index contributed by atoms with van der Waals surface area (Å²) in [6.07, 6.45) is 2.55. The fourth-order valence-corrected chi connectivity index (χ4v) is 1.34. The van der Waals surface area contributed by atoms with E-state index in [1.807, 2.05) is 27.7 Å². The van der Waals surface area contributed by atoms with Gasteiger partial charge in [0.05, 0.1) is 18.8 Å². The number of oxazole rings is 1. The molecular weight excluding hydrogens is 218 g/mol. The van der Waals surface area contributed by atoms with Gasteiger partial charge in [-0.25, -0.2) is 4.98 Å². The van der Waals surface area contributed by atoms with E-state index in [-0.39, 0.29) is 18.0 Å². The van der Waals surface area contributed by atoms with Gasteiger partial charge in [-0.3, -0.25) is 10.1 Å². The molecule has 1 unspecified atom stereocenters. The van der Waals surface area contributed by atoms with Crippen molar-refractivity contribution < 1.29 is 9.21 Å². The molecule has 0 radical (unpaired) electrons. The van der Waals surface area contributed by atoms with Crippen molar-refractivity contribution in [2.24, 2.45) is 0 Å². The van der Waals surface area contributed by atoms with Gasteiger partial charge in [-0.2, -0.15) is 0 Å². The van der Waals surface area contributed by atoms with Crippen LogP contribution in [0.5, 0.6) is 0 Å². The Labute approximate surface area is 102 Å². The second-order valence-corrected chi connectivity index (χ2v) is 4.34. The highest BCUT2D eigenvalue weighted by Gasteiger charge is 2.13. The lowest BCUT2D eigenvalue weighted by Gasteiger charge is -2.14. The molecule has 0 aliphatic rings. The van der Waals surface area contributed by atoms with Crippen LogP contribution in [-0.4, -0.2) is 23.0 Å². The van der Waals surface area contributed by atoms with Crippen LogP contribution in [0.4, 0.5) is 0 Å². The normalized spacial score (nSPS) is 12.8. The average Bonchev–Trinajstić information content (AvgIpc) is 2.72. The summed E-state index contributed by atoms with van der Waals surface area (Å²) in [5.74, 6) is 1.47. The van der Waals surface area contributed by atoms with E-state index >= 15 is 0 Å². The molecule has 1 rings (SSSR count). The van der Waals surface area contributed by atoms with Gasteiger partial charge in [-0.1, -0.05) is 6.92 Å². The monoisotopic (exact) mass is 239 g/mol. The third-order valence-electron chi connectivity index (χ3n) is 2.33. The van der Waals surface area contributed by atoms with Crippen LogP contribution in [-0.2, 0) is 17.8 Å². The number of aromatic nitrogens is 1. The molecule has 0 bridgehead atoms. The first kappa shape index (κ1) is 13.7. The lowest BCUT2D eigenvalue weighted by atomic mass is 10.3. The number of carbonyl (C=O) groups excluding carboxylic acids is 1. The molecule has 0 spiro atoms. The highest BCUT2D eigenvalue weighted by atomic mass is 16.4. The summed E-state index contributed by atoms with van der Waals surface area (Å²) in [6, 6.07) is -0.102. The summed E-state index contributed by atoms with van der Waals surface area (Å²) in [7, 11) is 0. The topological polar surface area (TPSA) is 67.2 Å². The maximum atomic E-state index is 11.6. The largest absolute Gasteiger partial charge is 0.444 e. The van der Waals surface area contributed by atoms with E-state index in [1.165, 1.54) is 0 Å². The molecule has 1 heterocycles. The quantitative estimate of drug-likeness (QED) is 0.783. The third kappa shape index (κ3) is 4.56. The molecule has 0 aromatic carbocycles. The SMILES string of the molecule is CCc1cnc(CNC(C)C(=O)NC(C)C)o1. The van der Waals surface area contributed by atoms with Crippen LogP contribution in [0.25, 0.3) is 0 Å². The van der Waals surface area contributed by atoms with Gasteiger partial charge in [-0.15, -0.1) is 0 Å². The lowest BCUT2D eigenvalue weighted by molar-refractivity contribution is -0.123. The molecule has 5 heteroatoms. The Hall–Kier alpha value is -1.36. The van der Waals surface area contributed by atoms with E-state index in [0.717, 1.165) is 12.2 Å². The summed E-state index contributed by atoms with van der Waals surface area (Å²) in [6.45, 7) is 8.17. The highest BCUT2D eigenvalue weighted by Crippen LogP contribution is 2.03.